The molecule has 29 heavy (non-hydrogen) atoms. The first-order valence-corrected chi connectivity index (χ1v) is 10.5. The van der Waals surface area contributed by atoms with Gasteiger partial charge in [0.2, 0.25) is 11.8 Å². The average Bonchev–Trinajstić information content (AvgIpc) is 3.11. The van der Waals surface area contributed by atoms with Crippen molar-refractivity contribution in [3.8, 4) is 0 Å². The maximum absolute atomic E-state index is 13.0. The molecule has 1 unspecified atom stereocenters. The van der Waals surface area contributed by atoms with Gasteiger partial charge in [0.05, 0.1) is 5.92 Å². The zero-order valence-corrected chi connectivity index (χ0v) is 17.2. The van der Waals surface area contributed by atoms with Gasteiger partial charge >= 0.3 is 0 Å². The highest BCUT2D eigenvalue weighted by atomic mass is 35.5. The molecule has 2 heterocycles. The first kappa shape index (κ1) is 19.9. The Kier molecular flexibility index (Phi) is 6.16. The SMILES string of the molecule is O=C1CC(C(=O)N2CCN(Cc3ccccc3)CC2)CN1Cc1ccc(Cl)cc1. The summed E-state index contributed by atoms with van der Waals surface area (Å²) in [6.45, 7) is 5.15. The maximum atomic E-state index is 13.0. The Bertz CT molecular complexity index is 848. The van der Waals surface area contributed by atoms with E-state index in [4.69, 9.17) is 11.6 Å². The largest absolute Gasteiger partial charge is 0.340 e. The van der Waals surface area contributed by atoms with Gasteiger partial charge in [-0.05, 0) is 23.3 Å². The van der Waals surface area contributed by atoms with Gasteiger partial charge in [0.15, 0.2) is 0 Å². The lowest BCUT2D eigenvalue weighted by Crippen LogP contribution is -2.50. The Morgan fingerprint density at radius 1 is 0.897 bits per heavy atom. The van der Waals surface area contributed by atoms with Crippen LogP contribution in [0.3, 0.4) is 0 Å². The lowest BCUT2D eigenvalue weighted by Gasteiger charge is -2.36. The number of hydrogen-bond acceptors (Lipinski definition) is 3. The van der Waals surface area contributed by atoms with Crippen LogP contribution in [0, 0.1) is 5.92 Å². The molecule has 6 heteroatoms. The summed E-state index contributed by atoms with van der Waals surface area (Å²) in [6, 6.07) is 17.9. The van der Waals surface area contributed by atoms with Crippen molar-refractivity contribution in [1.82, 2.24) is 14.7 Å². The molecule has 4 rings (SSSR count). The van der Waals surface area contributed by atoms with Crippen LogP contribution in [0.25, 0.3) is 0 Å². The highest BCUT2D eigenvalue weighted by Crippen LogP contribution is 2.23. The highest BCUT2D eigenvalue weighted by molar-refractivity contribution is 6.30. The van der Waals surface area contributed by atoms with Crippen molar-refractivity contribution in [2.24, 2.45) is 5.92 Å². The van der Waals surface area contributed by atoms with Gasteiger partial charge < -0.3 is 9.80 Å². The Hall–Kier alpha value is -2.37. The van der Waals surface area contributed by atoms with E-state index in [0.29, 0.717) is 24.5 Å². The van der Waals surface area contributed by atoms with Gasteiger partial charge in [-0.15, -0.1) is 0 Å². The molecule has 2 aliphatic rings. The molecule has 2 fully saturated rings. The molecule has 2 amide bonds. The molecule has 2 aromatic rings. The number of carbonyl (C=O) groups excluding carboxylic acids is 2. The standard InChI is InChI=1S/C23H26ClN3O2/c24-21-8-6-19(7-9-21)16-27-17-20(14-22(27)28)23(29)26-12-10-25(11-13-26)15-18-4-2-1-3-5-18/h1-9,20H,10-17H2. The van der Waals surface area contributed by atoms with E-state index in [1.807, 2.05) is 35.2 Å². The molecular formula is C23H26ClN3O2. The summed E-state index contributed by atoms with van der Waals surface area (Å²) < 4.78 is 0. The number of carbonyl (C=O) groups is 2. The molecular weight excluding hydrogens is 386 g/mol. The Morgan fingerprint density at radius 3 is 2.24 bits per heavy atom. The summed E-state index contributed by atoms with van der Waals surface area (Å²) in [5.41, 5.74) is 2.33. The summed E-state index contributed by atoms with van der Waals surface area (Å²) in [6.07, 6.45) is 0.316. The van der Waals surface area contributed by atoms with Crippen molar-refractivity contribution in [3.63, 3.8) is 0 Å². The van der Waals surface area contributed by atoms with E-state index < -0.39 is 0 Å². The van der Waals surface area contributed by atoms with E-state index in [1.54, 1.807) is 4.90 Å². The minimum absolute atomic E-state index is 0.0565. The van der Waals surface area contributed by atoms with Crippen molar-refractivity contribution in [1.29, 1.82) is 0 Å². The summed E-state index contributed by atoms with van der Waals surface area (Å²) in [4.78, 5) is 31.5. The van der Waals surface area contributed by atoms with Gasteiger partial charge in [0, 0.05) is 57.3 Å². The fourth-order valence-corrected chi connectivity index (χ4v) is 4.25. The van der Waals surface area contributed by atoms with Crippen molar-refractivity contribution >= 4 is 23.4 Å². The van der Waals surface area contributed by atoms with Crippen LogP contribution in [-0.2, 0) is 22.7 Å². The van der Waals surface area contributed by atoms with Crippen LogP contribution in [0.15, 0.2) is 54.6 Å². The number of benzene rings is 2. The molecule has 0 aliphatic carbocycles. The molecule has 0 bridgehead atoms. The zero-order valence-electron chi connectivity index (χ0n) is 16.5. The third-order valence-corrected chi connectivity index (χ3v) is 6.04. The predicted octanol–water partition coefficient (Wildman–Crippen LogP) is 3.03. The number of hydrogen-bond donors (Lipinski definition) is 0. The molecule has 2 aromatic carbocycles. The quantitative estimate of drug-likeness (QED) is 0.759. The second-order valence-electron chi connectivity index (χ2n) is 7.89. The molecule has 152 valence electrons. The second kappa shape index (κ2) is 8.97. The zero-order chi connectivity index (χ0) is 20.2. The summed E-state index contributed by atoms with van der Waals surface area (Å²) in [5, 5.41) is 0.681. The number of halogens is 1. The lowest BCUT2D eigenvalue weighted by molar-refractivity contribution is -0.137. The highest BCUT2D eigenvalue weighted by Gasteiger charge is 2.37. The van der Waals surface area contributed by atoms with Crippen molar-refractivity contribution < 1.29 is 9.59 Å². The Morgan fingerprint density at radius 2 is 1.55 bits per heavy atom. The summed E-state index contributed by atoms with van der Waals surface area (Å²) in [7, 11) is 0. The number of piperazine rings is 1. The number of amides is 2. The first-order valence-electron chi connectivity index (χ1n) is 10.2. The number of rotatable bonds is 5. The number of nitrogens with zero attached hydrogens (tertiary/aromatic N) is 3. The fourth-order valence-electron chi connectivity index (χ4n) is 4.13. The van der Waals surface area contributed by atoms with E-state index >= 15 is 0 Å². The second-order valence-corrected chi connectivity index (χ2v) is 8.33. The van der Waals surface area contributed by atoms with Crippen LogP contribution >= 0.6 is 11.6 Å². The summed E-state index contributed by atoms with van der Waals surface area (Å²) in [5.74, 6) is -0.0483. The molecule has 5 nitrogen and oxygen atoms in total. The van der Waals surface area contributed by atoms with Crippen LogP contribution in [0.2, 0.25) is 5.02 Å². The van der Waals surface area contributed by atoms with Crippen LogP contribution in [0.5, 0.6) is 0 Å². The van der Waals surface area contributed by atoms with Crippen LogP contribution in [0.4, 0.5) is 0 Å². The molecule has 0 aromatic heterocycles. The third-order valence-electron chi connectivity index (χ3n) is 5.78. The minimum atomic E-state index is -0.226. The van der Waals surface area contributed by atoms with Crippen LogP contribution in [0.1, 0.15) is 17.5 Å². The van der Waals surface area contributed by atoms with E-state index in [-0.39, 0.29) is 17.7 Å². The van der Waals surface area contributed by atoms with E-state index in [2.05, 4.69) is 29.2 Å². The fraction of sp³-hybridized carbons (Fsp3) is 0.391. The van der Waals surface area contributed by atoms with E-state index in [1.165, 1.54) is 5.56 Å². The third kappa shape index (κ3) is 4.98. The molecule has 0 spiro atoms. The normalized spacial score (nSPS) is 20.3. The first-order chi connectivity index (χ1) is 14.1. The van der Waals surface area contributed by atoms with Gasteiger partial charge in [0.25, 0.3) is 0 Å². The van der Waals surface area contributed by atoms with E-state index in [9.17, 15) is 9.59 Å². The molecule has 2 aliphatic heterocycles. The van der Waals surface area contributed by atoms with Gasteiger partial charge in [-0.3, -0.25) is 14.5 Å². The van der Waals surface area contributed by atoms with Gasteiger partial charge in [0.1, 0.15) is 0 Å². The smallest absolute Gasteiger partial charge is 0.228 e. The molecule has 0 N–H and O–H groups in total. The van der Waals surface area contributed by atoms with Crippen molar-refractivity contribution in [2.45, 2.75) is 19.5 Å². The average molecular weight is 412 g/mol. The summed E-state index contributed by atoms with van der Waals surface area (Å²) >= 11 is 5.93. The van der Waals surface area contributed by atoms with Gasteiger partial charge in [-0.2, -0.15) is 0 Å². The lowest BCUT2D eigenvalue weighted by atomic mass is 10.1. The monoisotopic (exact) mass is 411 g/mol. The van der Waals surface area contributed by atoms with E-state index in [0.717, 1.165) is 38.3 Å². The van der Waals surface area contributed by atoms with Crippen molar-refractivity contribution in [3.05, 3.63) is 70.7 Å². The van der Waals surface area contributed by atoms with Crippen LogP contribution < -0.4 is 0 Å². The Labute approximate surface area is 176 Å². The topological polar surface area (TPSA) is 43.9 Å². The molecule has 1 atom stereocenters. The Balaban J connectivity index is 1.28. The molecule has 0 radical (unpaired) electrons. The molecule has 2 saturated heterocycles. The number of likely N-dealkylation sites (tertiary alicyclic amines) is 1. The maximum Gasteiger partial charge on any atom is 0.228 e. The minimum Gasteiger partial charge on any atom is -0.340 e. The van der Waals surface area contributed by atoms with Gasteiger partial charge in [-0.1, -0.05) is 54.1 Å². The van der Waals surface area contributed by atoms with Crippen molar-refractivity contribution in [2.75, 3.05) is 32.7 Å². The van der Waals surface area contributed by atoms with Crippen LogP contribution in [-0.4, -0.2) is 59.2 Å². The predicted molar refractivity (Wildman–Crippen MR) is 113 cm³/mol. The molecule has 0 saturated carbocycles. The van der Waals surface area contributed by atoms with Gasteiger partial charge in [-0.25, -0.2) is 0 Å².